The van der Waals surface area contributed by atoms with Crippen molar-refractivity contribution in [3.63, 3.8) is 0 Å². The summed E-state index contributed by atoms with van der Waals surface area (Å²) >= 11 is 0. The van der Waals surface area contributed by atoms with Gasteiger partial charge in [-0.2, -0.15) is 0 Å². The first-order valence-electron chi connectivity index (χ1n) is 14.0. The van der Waals surface area contributed by atoms with Crippen molar-refractivity contribution in [1.82, 2.24) is 0 Å². The lowest BCUT2D eigenvalue weighted by Crippen LogP contribution is -2.29. The van der Waals surface area contributed by atoms with Crippen LogP contribution in [-0.4, -0.2) is 25.3 Å². The zero-order chi connectivity index (χ0) is 28.4. The number of aryl methyl sites for hydroxylation is 2. The summed E-state index contributed by atoms with van der Waals surface area (Å²) in [6.45, 7) is 11.4. The van der Waals surface area contributed by atoms with Crippen molar-refractivity contribution >= 4 is 22.4 Å². The third-order valence-electron chi connectivity index (χ3n) is 7.53. The van der Waals surface area contributed by atoms with E-state index in [4.69, 9.17) is 14.2 Å². The largest absolute Gasteiger partial charge is 0.493 e. The predicted octanol–water partition coefficient (Wildman–Crippen LogP) is 8.09. The Labute approximate surface area is 237 Å². The van der Waals surface area contributed by atoms with Crippen molar-refractivity contribution in [3.05, 3.63) is 94.5 Å². The van der Waals surface area contributed by atoms with Crippen LogP contribution in [0, 0.1) is 13.8 Å². The normalized spacial score (nSPS) is 13.8. The van der Waals surface area contributed by atoms with Crippen LogP contribution in [0.3, 0.4) is 0 Å². The molecular weight excluding hydrogens is 498 g/mol. The smallest absolute Gasteiger partial charge is 0.339 e. The molecule has 208 valence electrons. The monoisotopic (exact) mass is 537 g/mol. The van der Waals surface area contributed by atoms with Gasteiger partial charge in [0, 0.05) is 17.8 Å². The molecular formula is C35H39NO4. The molecule has 5 heteroatoms. The van der Waals surface area contributed by atoms with E-state index in [1.165, 1.54) is 29.0 Å². The second-order valence-corrected chi connectivity index (χ2v) is 11.6. The maximum absolute atomic E-state index is 13.3. The van der Waals surface area contributed by atoms with Gasteiger partial charge in [0.2, 0.25) is 0 Å². The van der Waals surface area contributed by atoms with Crippen LogP contribution in [0.15, 0.2) is 66.7 Å². The van der Waals surface area contributed by atoms with E-state index in [1.54, 1.807) is 0 Å². The SMILES string of the molecule is COC(=O)C(OC(C)(C)C)c1c(C)c(NCc2cccc3ccccc23)cc(C)c1-c1ccc2c(c1)CCCO2. The lowest BCUT2D eigenvalue weighted by atomic mass is 9.86. The zero-order valence-electron chi connectivity index (χ0n) is 24.4. The molecule has 0 saturated heterocycles. The van der Waals surface area contributed by atoms with Crippen molar-refractivity contribution in [3.8, 4) is 16.9 Å². The number of carbonyl (C=O) groups is 1. The lowest BCUT2D eigenvalue weighted by molar-refractivity contribution is -0.164. The average molecular weight is 538 g/mol. The molecule has 0 aromatic heterocycles. The van der Waals surface area contributed by atoms with E-state index in [1.807, 2.05) is 26.8 Å². The molecule has 4 aromatic rings. The summed E-state index contributed by atoms with van der Waals surface area (Å²) in [4.78, 5) is 13.3. The van der Waals surface area contributed by atoms with Gasteiger partial charge in [-0.1, -0.05) is 48.5 Å². The van der Waals surface area contributed by atoms with Gasteiger partial charge < -0.3 is 19.5 Å². The molecule has 0 spiro atoms. The van der Waals surface area contributed by atoms with Crippen molar-refractivity contribution in [2.45, 2.75) is 65.7 Å². The molecule has 5 rings (SSSR count). The van der Waals surface area contributed by atoms with Gasteiger partial charge in [0.05, 0.1) is 19.3 Å². The fraction of sp³-hybridized carbons (Fsp3) is 0.343. The summed E-state index contributed by atoms with van der Waals surface area (Å²) in [5, 5.41) is 6.12. The highest BCUT2D eigenvalue weighted by Crippen LogP contribution is 2.42. The van der Waals surface area contributed by atoms with Crippen LogP contribution >= 0.6 is 0 Å². The van der Waals surface area contributed by atoms with Crippen LogP contribution in [0.1, 0.15) is 61.1 Å². The van der Waals surface area contributed by atoms with Crippen LogP contribution in [0.4, 0.5) is 5.69 Å². The number of esters is 1. The first kappa shape index (κ1) is 27.7. The number of rotatable bonds is 7. The third kappa shape index (κ3) is 5.71. The Morgan fingerprint density at radius 2 is 1.80 bits per heavy atom. The molecule has 40 heavy (non-hydrogen) atoms. The Kier molecular flexibility index (Phi) is 7.86. The van der Waals surface area contributed by atoms with E-state index in [9.17, 15) is 4.79 Å². The topological polar surface area (TPSA) is 56.8 Å². The molecule has 0 radical (unpaired) electrons. The number of nitrogens with one attached hydrogen (secondary N) is 1. The van der Waals surface area contributed by atoms with Gasteiger partial charge in [0.25, 0.3) is 0 Å². The van der Waals surface area contributed by atoms with E-state index in [2.05, 4.69) is 79.8 Å². The minimum atomic E-state index is -0.884. The standard InChI is InChI=1S/C35H39NO4/c1-22-19-29(36-21-27-13-9-12-24-11-7-8-15-28(24)27)23(2)32(33(34(37)38-6)40-35(3,4)5)31(22)26-16-17-30-25(20-26)14-10-18-39-30/h7-9,11-13,15-17,19-20,33,36H,10,14,18,21H2,1-6H3. The summed E-state index contributed by atoms with van der Waals surface area (Å²) < 4.78 is 17.6. The van der Waals surface area contributed by atoms with Gasteiger partial charge >= 0.3 is 5.97 Å². The quantitative estimate of drug-likeness (QED) is 0.242. The Balaban J connectivity index is 1.64. The van der Waals surface area contributed by atoms with Crippen molar-refractivity contribution in [2.75, 3.05) is 19.0 Å². The number of hydrogen-bond acceptors (Lipinski definition) is 5. The van der Waals surface area contributed by atoms with Crippen molar-refractivity contribution in [1.29, 1.82) is 0 Å². The van der Waals surface area contributed by atoms with Gasteiger partial charge in [-0.15, -0.1) is 0 Å². The highest BCUT2D eigenvalue weighted by molar-refractivity contribution is 5.87. The molecule has 1 N–H and O–H groups in total. The minimum absolute atomic E-state index is 0.411. The van der Waals surface area contributed by atoms with E-state index >= 15 is 0 Å². The van der Waals surface area contributed by atoms with E-state index < -0.39 is 17.7 Å². The number of methoxy groups -OCH3 is 1. The van der Waals surface area contributed by atoms with Gasteiger partial charge in [0.15, 0.2) is 6.10 Å². The van der Waals surface area contributed by atoms with Gasteiger partial charge in [-0.3, -0.25) is 0 Å². The molecule has 4 aromatic carbocycles. The van der Waals surface area contributed by atoms with Crippen LogP contribution in [0.5, 0.6) is 5.75 Å². The summed E-state index contributed by atoms with van der Waals surface area (Å²) in [7, 11) is 1.42. The van der Waals surface area contributed by atoms with Gasteiger partial charge in [-0.05, 0) is 110 Å². The molecule has 1 unspecified atom stereocenters. The number of anilines is 1. The summed E-state index contributed by atoms with van der Waals surface area (Å²) in [6.07, 6.45) is 1.08. The fourth-order valence-corrected chi connectivity index (χ4v) is 5.67. The highest BCUT2D eigenvalue weighted by atomic mass is 16.6. The van der Waals surface area contributed by atoms with Crippen molar-refractivity contribution in [2.24, 2.45) is 0 Å². The molecule has 1 aliphatic heterocycles. The zero-order valence-corrected chi connectivity index (χ0v) is 24.4. The van der Waals surface area contributed by atoms with E-state index in [0.29, 0.717) is 6.54 Å². The molecule has 0 fully saturated rings. The molecule has 0 amide bonds. The highest BCUT2D eigenvalue weighted by Gasteiger charge is 2.33. The van der Waals surface area contributed by atoms with Gasteiger partial charge in [-0.25, -0.2) is 4.79 Å². The van der Waals surface area contributed by atoms with Crippen LogP contribution in [0.2, 0.25) is 0 Å². The fourth-order valence-electron chi connectivity index (χ4n) is 5.67. The summed E-state index contributed by atoms with van der Waals surface area (Å²) in [6, 6.07) is 23.3. The maximum atomic E-state index is 13.3. The Morgan fingerprint density at radius 3 is 2.58 bits per heavy atom. The Bertz CT molecular complexity index is 1540. The van der Waals surface area contributed by atoms with Crippen LogP contribution < -0.4 is 10.1 Å². The number of ether oxygens (including phenoxy) is 3. The average Bonchev–Trinajstić information content (AvgIpc) is 2.95. The van der Waals surface area contributed by atoms with Crippen molar-refractivity contribution < 1.29 is 19.0 Å². The maximum Gasteiger partial charge on any atom is 0.339 e. The molecule has 0 bridgehead atoms. The number of hydrogen-bond donors (Lipinski definition) is 1. The molecule has 5 nitrogen and oxygen atoms in total. The van der Waals surface area contributed by atoms with Crippen LogP contribution in [-0.2, 0) is 27.2 Å². The first-order chi connectivity index (χ1) is 19.2. The number of benzene rings is 4. The Morgan fingerprint density at radius 1 is 1.02 bits per heavy atom. The minimum Gasteiger partial charge on any atom is -0.493 e. The van der Waals surface area contributed by atoms with Crippen LogP contribution in [0.25, 0.3) is 21.9 Å². The molecule has 1 aliphatic rings. The van der Waals surface area contributed by atoms with E-state index in [0.717, 1.165) is 58.7 Å². The molecule has 1 heterocycles. The van der Waals surface area contributed by atoms with Gasteiger partial charge in [0.1, 0.15) is 5.75 Å². The molecule has 1 atom stereocenters. The van der Waals surface area contributed by atoms with E-state index in [-0.39, 0.29) is 0 Å². The Hall–Kier alpha value is -3.83. The lowest BCUT2D eigenvalue weighted by Gasteiger charge is -2.30. The molecule has 0 saturated carbocycles. The number of carbonyl (C=O) groups excluding carboxylic acids is 1. The predicted molar refractivity (Wildman–Crippen MR) is 162 cm³/mol. The first-order valence-corrected chi connectivity index (χ1v) is 14.0. The second-order valence-electron chi connectivity index (χ2n) is 11.6. The summed E-state index contributed by atoms with van der Waals surface area (Å²) in [5.74, 6) is 0.529. The second kappa shape index (κ2) is 11.3. The molecule has 0 aliphatic carbocycles. The number of fused-ring (bicyclic) bond motifs is 2. The third-order valence-corrected chi connectivity index (χ3v) is 7.53. The summed E-state index contributed by atoms with van der Waals surface area (Å²) in [5.41, 5.74) is 7.72.